The highest BCUT2D eigenvalue weighted by atomic mass is 35.5. The van der Waals surface area contributed by atoms with Crippen LogP contribution in [-0.2, 0) is 0 Å². The Hall–Kier alpha value is -2.38. The summed E-state index contributed by atoms with van der Waals surface area (Å²) in [6, 6.07) is 12.5. The van der Waals surface area contributed by atoms with Gasteiger partial charge >= 0.3 is 0 Å². The first-order valence-corrected chi connectivity index (χ1v) is 9.74. The molecule has 0 bridgehead atoms. The lowest BCUT2D eigenvalue weighted by Gasteiger charge is -2.12. The molecule has 0 aliphatic carbocycles. The summed E-state index contributed by atoms with van der Waals surface area (Å²) < 4.78 is 0. The Balaban J connectivity index is 1.86. The zero-order valence-corrected chi connectivity index (χ0v) is 17.0. The predicted octanol–water partition coefficient (Wildman–Crippen LogP) is 6.03. The van der Waals surface area contributed by atoms with Crippen molar-refractivity contribution in [2.45, 2.75) is 0 Å². The molecule has 0 unspecified atom stereocenters. The van der Waals surface area contributed by atoms with Crippen LogP contribution < -0.4 is 10.6 Å². The Morgan fingerprint density at radius 2 is 1.54 bits per heavy atom. The van der Waals surface area contributed by atoms with E-state index >= 15 is 0 Å². The fraction of sp³-hybridized carbons (Fsp3) is 0. The maximum absolute atomic E-state index is 12.7. The van der Waals surface area contributed by atoms with E-state index < -0.39 is 11.8 Å². The van der Waals surface area contributed by atoms with Crippen molar-refractivity contribution in [1.29, 1.82) is 0 Å². The lowest BCUT2D eigenvalue weighted by atomic mass is 10.1. The van der Waals surface area contributed by atoms with Crippen LogP contribution in [0.5, 0.6) is 0 Å². The third-order valence-electron chi connectivity index (χ3n) is 3.60. The highest BCUT2D eigenvalue weighted by Gasteiger charge is 2.19. The fourth-order valence-corrected chi connectivity index (χ4v) is 3.77. The number of aldehydes is 1. The van der Waals surface area contributed by atoms with Crippen molar-refractivity contribution in [3.63, 3.8) is 0 Å². The first kappa shape index (κ1) is 20.4. The Morgan fingerprint density at radius 1 is 0.857 bits per heavy atom. The van der Waals surface area contributed by atoms with Gasteiger partial charge in [0.2, 0.25) is 0 Å². The largest absolute Gasteiger partial charge is 0.322 e. The van der Waals surface area contributed by atoms with Gasteiger partial charge in [0, 0.05) is 15.7 Å². The highest BCUT2D eigenvalue weighted by Crippen LogP contribution is 2.28. The number of hydrogen-bond donors (Lipinski definition) is 2. The second-order valence-corrected chi connectivity index (χ2v) is 7.91. The van der Waals surface area contributed by atoms with E-state index in [1.54, 1.807) is 30.3 Å². The number of halogens is 3. The van der Waals surface area contributed by atoms with Crippen molar-refractivity contribution in [1.82, 2.24) is 0 Å². The van der Waals surface area contributed by atoms with E-state index in [0.717, 1.165) is 11.3 Å². The van der Waals surface area contributed by atoms with Gasteiger partial charge in [-0.05, 0) is 48.5 Å². The molecule has 0 saturated heterocycles. The summed E-state index contributed by atoms with van der Waals surface area (Å²) in [4.78, 5) is 36.6. The van der Waals surface area contributed by atoms with Gasteiger partial charge < -0.3 is 10.6 Å². The molecule has 5 nitrogen and oxygen atoms in total. The first-order valence-electron chi connectivity index (χ1n) is 7.79. The Bertz CT molecular complexity index is 1060. The number of nitrogens with one attached hydrogen (secondary N) is 2. The van der Waals surface area contributed by atoms with E-state index in [9.17, 15) is 14.4 Å². The molecule has 0 radical (unpaired) electrons. The number of carbonyl (C=O) groups excluding carboxylic acids is 3. The molecule has 0 atom stereocenters. The van der Waals surface area contributed by atoms with Gasteiger partial charge in [-0.25, -0.2) is 0 Å². The second-order valence-electron chi connectivity index (χ2n) is 5.55. The number of carbonyl (C=O) groups is 3. The van der Waals surface area contributed by atoms with Crippen molar-refractivity contribution in [3.8, 4) is 0 Å². The third kappa shape index (κ3) is 4.72. The predicted molar refractivity (Wildman–Crippen MR) is 114 cm³/mol. The minimum absolute atomic E-state index is 0.158. The summed E-state index contributed by atoms with van der Waals surface area (Å²) in [5, 5.41) is 6.38. The Labute approximate surface area is 179 Å². The van der Waals surface area contributed by atoms with Crippen molar-refractivity contribution >= 4 is 75.6 Å². The first-order chi connectivity index (χ1) is 13.4. The average molecular weight is 454 g/mol. The molecule has 0 aliphatic heterocycles. The molecule has 2 N–H and O–H groups in total. The molecule has 28 heavy (non-hydrogen) atoms. The maximum atomic E-state index is 12.7. The summed E-state index contributed by atoms with van der Waals surface area (Å²) >= 11 is 18.8. The molecule has 142 valence electrons. The molecule has 3 aromatic rings. The third-order valence-corrected chi connectivity index (χ3v) is 5.56. The number of thiophene rings is 1. The van der Waals surface area contributed by atoms with E-state index in [0.29, 0.717) is 26.9 Å². The number of rotatable bonds is 5. The Kier molecular flexibility index (Phi) is 6.36. The fourth-order valence-electron chi connectivity index (χ4n) is 2.32. The van der Waals surface area contributed by atoms with Crippen LogP contribution in [0.4, 0.5) is 11.4 Å². The van der Waals surface area contributed by atoms with E-state index in [1.165, 1.54) is 18.2 Å². The highest BCUT2D eigenvalue weighted by molar-refractivity contribution is 7.16. The van der Waals surface area contributed by atoms with Crippen LogP contribution in [0.1, 0.15) is 29.7 Å². The van der Waals surface area contributed by atoms with Crippen LogP contribution in [-0.4, -0.2) is 18.1 Å². The van der Waals surface area contributed by atoms with Gasteiger partial charge in [-0.3, -0.25) is 14.4 Å². The smallest absolute Gasteiger partial charge is 0.267 e. The molecule has 0 aliphatic rings. The van der Waals surface area contributed by atoms with Gasteiger partial charge in [-0.2, -0.15) is 0 Å². The number of amides is 2. The van der Waals surface area contributed by atoms with E-state index in [-0.39, 0.29) is 21.2 Å². The molecule has 2 amide bonds. The van der Waals surface area contributed by atoms with Gasteiger partial charge in [0.05, 0.1) is 21.2 Å². The van der Waals surface area contributed by atoms with Crippen LogP contribution in [0.25, 0.3) is 0 Å². The molecule has 1 aromatic heterocycles. The maximum Gasteiger partial charge on any atom is 0.267 e. The van der Waals surface area contributed by atoms with E-state index in [4.69, 9.17) is 34.8 Å². The van der Waals surface area contributed by atoms with Crippen molar-refractivity contribution in [2.24, 2.45) is 0 Å². The van der Waals surface area contributed by atoms with Crippen LogP contribution >= 0.6 is 46.1 Å². The van der Waals surface area contributed by atoms with Crippen molar-refractivity contribution in [3.05, 3.63) is 78.9 Å². The van der Waals surface area contributed by atoms with E-state index in [2.05, 4.69) is 10.6 Å². The minimum Gasteiger partial charge on any atom is -0.322 e. The molecule has 0 fully saturated rings. The number of anilines is 2. The average Bonchev–Trinajstić information content (AvgIpc) is 3.06. The molecular weight excluding hydrogens is 443 g/mol. The molecule has 9 heteroatoms. The van der Waals surface area contributed by atoms with Gasteiger partial charge in [0.1, 0.15) is 4.88 Å². The van der Waals surface area contributed by atoms with Crippen LogP contribution in [0.3, 0.4) is 0 Å². The topological polar surface area (TPSA) is 75.3 Å². The lowest BCUT2D eigenvalue weighted by Crippen LogP contribution is -2.18. The quantitative estimate of drug-likeness (QED) is 0.463. The number of hydrogen-bond acceptors (Lipinski definition) is 4. The van der Waals surface area contributed by atoms with Crippen LogP contribution in [0.2, 0.25) is 15.1 Å². The van der Waals surface area contributed by atoms with Crippen LogP contribution in [0, 0.1) is 0 Å². The van der Waals surface area contributed by atoms with Gasteiger partial charge in [-0.15, -0.1) is 11.3 Å². The summed E-state index contributed by atoms with van der Waals surface area (Å²) in [5.74, 6) is -1.00. The van der Waals surface area contributed by atoms with E-state index in [1.807, 2.05) is 0 Å². The molecule has 0 saturated carbocycles. The minimum atomic E-state index is -0.536. The zero-order chi connectivity index (χ0) is 20.3. The second kappa shape index (κ2) is 8.75. The SMILES string of the molecule is O=Cc1cc(Cl)c(C(=O)Nc2ccc(Cl)cc2C(=O)Nc2ccc(Cl)cc2)s1. The summed E-state index contributed by atoms with van der Waals surface area (Å²) in [5.41, 5.74) is 0.945. The standard InChI is InChI=1S/C19H11Cl3N2O3S/c20-10-1-4-12(5-2-10)23-18(26)14-7-11(21)3-6-16(14)24-19(27)17-15(22)8-13(9-25)28-17/h1-9H,(H,23,26)(H,24,27). The van der Waals surface area contributed by atoms with Gasteiger partial charge in [0.25, 0.3) is 11.8 Å². The zero-order valence-electron chi connectivity index (χ0n) is 14.0. The normalized spacial score (nSPS) is 10.4. The molecule has 1 heterocycles. The van der Waals surface area contributed by atoms with Crippen molar-refractivity contribution in [2.75, 3.05) is 10.6 Å². The van der Waals surface area contributed by atoms with Gasteiger partial charge in [-0.1, -0.05) is 34.8 Å². The molecule has 0 spiro atoms. The van der Waals surface area contributed by atoms with Crippen molar-refractivity contribution < 1.29 is 14.4 Å². The summed E-state index contributed by atoms with van der Waals surface area (Å²) in [6.45, 7) is 0. The summed E-state index contributed by atoms with van der Waals surface area (Å²) in [7, 11) is 0. The molecule has 2 aromatic carbocycles. The van der Waals surface area contributed by atoms with Crippen LogP contribution in [0.15, 0.2) is 48.5 Å². The monoisotopic (exact) mass is 452 g/mol. The Morgan fingerprint density at radius 3 is 2.18 bits per heavy atom. The molecule has 3 rings (SSSR count). The summed E-state index contributed by atoms with van der Waals surface area (Å²) in [6.07, 6.45) is 0.612. The van der Waals surface area contributed by atoms with Gasteiger partial charge in [0.15, 0.2) is 6.29 Å². The lowest BCUT2D eigenvalue weighted by molar-refractivity contribution is 0.102. The molecular formula is C19H11Cl3N2O3S. The number of benzene rings is 2.